The van der Waals surface area contributed by atoms with E-state index in [-0.39, 0.29) is 5.56 Å². The molecule has 1 saturated carbocycles. The van der Waals surface area contributed by atoms with Crippen LogP contribution in [0.4, 0.5) is 0 Å². The smallest absolute Gasteiger partial charge is 0.338 e. The van der Waals surface area contributed by atoms with Crippen molar-refractivity contribution in [2.75, 3.05) is 0 Å². The molecule has 19 heavy (non-hydrogen) atoms. The molecule has 0 spiro atoms. The summed E-state index contributed by atoms with van der Waals surface area (Å²) in [5.41, 5.74) is 1.03. The van der Waals surface area contributed by atoms with Gasteiger partial charge in [-0.2, -0.15) is 5.10 Å². The van der Waals surface area contributed by atoms with Crippen molar-refractivity contribution < 1.29 is 9.90 Å². The minimum atomic E-state index is -0.918. The average molecular weight is 277 g/mol. The zero-order valence-electron chi connectivity index (χ0n) is 10.7. The van der Waals surface area contributed by atoms with Crippen LogP contribution in [0, 0.1) is 0 Å². The molecule has 0 radical (unpaired) electrons. The number of aryl methyl sites for hydroxylation is 1. The van der Waals surface area contributed by atoms with Crippen molar-refractivity contribution in [3.63, 3.8) is 0 Å². The van der Waals surface area contributed by atoms with Gasteiger partial charge in [0.25, 0.3) is 0 Å². The van der Waals surface area contributed by atoms with Crippen LogP contribution in [-0.2, 0) is 7.05 Å². The molecule has 3 rings (SSSR count). The second-order valence-electron chi connectivity index (χ2n) is 4.84. The van der Waals surface area contributed by atoms with E-state index in [1.807, 2.05) is 7.05 Å². The van der Waals surface area contributed by atoms with E-state index in [2.05, 4.69) is 10.1 Å². The summed E-state index contributed by atoms with van der Waals surface area (Å²) in [6, 6.07) is 0. The van der Waals surface area contributed by atoms with Gasteiger partial charge in [-0.1, -0.05) is 12.8 Å². The molecular weight excluding hydrogens is 262 g/mol. The number of aromatic nitrogens is 3. The average Bonchev–Trinajstić information content (AvgIpc) is 3.00. The Morgan fingerprint density at radius 1 is 1.42 bits per heavy atom. The molecule has 1 fully saturated rings. The molecule has 100 valence electrons. The molecule has 0 unspecified atom stereocenters. The summed E-state index contributed by atoms with van der Waals surface area (Å²) >= 11 is 1.67. The minimum Gasteiger partial charge on any atom is -0.478 e. The van der Waals surface area contributed by atoms with Crippen molar-refractivity contribution >= 4 is 28.8 Å². The zero-order chi connectivity index (χ0) is 13.4. The molecule has 0 aliphatic heterocycles. The number of hydrogen-bond donors (Lipinski definition) is 1. The lowest BCUT2D eigenvalue weighted by Crippen LogP contribution is -2.04. The van der Waals surface area contributed by atoms with E-state index in [1.54, 1.807) is 22.6 Å². The van der Waals surface area contributed by atoms with Gasteiger partial charge in [0.05, 0.1) is 17.1 Å². The highest BCUT2D eigenvalue weighted by Gasteiger charge is 2.23. The maximum absolute atomic E-state index is 11.4. The lowest BCUT2D eigenvalue weighted by atomic mass is 10.2. The van der Waals surface area contributed by atoms with Crippen molar-refractivity contribution in [1.82, 2.24) is 14.8 Å². The lowest BCUT2D eigenvalue weighted by molar-refractivity contribution is 0.0693. The number of rotatable bonds is 3. The van der Waals surface area contributed by atoms with Crippen LogP contribution >= 0.6 is 11.8 Å². The van der Waals surface area contributed by atoms with Crippen molar-refractivity contribution in [2.24, 2.45) is 7.05 Å². The number of thioether (sulfide) groups is 1. The largest absolute Gasteiger partial charge is 0.478 e. The quantitative estimate of drug-likeness (QED) is 0.934. The molecule has 2 aromatic rings. The Balaban J connectivity index is 2.10. The molecule has 1 aliphatic carbocycles. The molecule has 0 aromatic carbocycles. The number of aromatic carboxylic acids is 1. The van der Waals surface area contributed by atoms with E-state index in [0.29, 0.717) is 5.25 Å². The predicted molar refractivity (Wildman–Crippen MR) is 73.6 cm³/mol. The number of carboxylic acid groups (broad SMARTS) is 1. The normalized spacial score (nSPS) is 16.3. The monoisotopic (exact) mass is 277 g/mol. The van der Waals surface area contributed by atoms with E-state index >= 15 is 0 Å². The number of nitrogens with zero attached hydrogens (tertiary/aromatic N) is 3. The number of hydrogen-bond acceptors (Lipinski definition) is 4. The second-order valence-corrected chi connectivity index (χ2v) is 6.15. The second kappa shape index (κ2) is 4.85. The molecule has 0 amide bonds. The van der Waals surface area contributed by atoms with Crippen LogP contribution in [0.2, 0.25) is 0 Å². The Kier molecular flexibility index (Phi) is 3.18. The standard InChI is InChI=1S/C13H15N3O2S/c1-16-12-9(7-15-16)11(10(6-14-12)13(17)18)19-8-4-2-3-5-8/h6-8H,2-5H2,1H3,(H,17,18). The van der Waals surface area contributed by atoms with Gasteiger partial charge in [0.15, 0.2) is 5.65 Å². The first-order chi connectivity index (χ1) is 9.16. The van der Waals surface area contributed by atoms with Gasteiger partial charge < -0.3 is 5.11 Å². The Morgan fingerprint density at radius 2 is 2.16 bits per heavy atom. The molecule has 0 atom stereocenters. The van der Waals surface area contributed by atoms with Crippen LogP contribution < -0.4 is 0 Å². The molecule has 1 N–H and O–H groups in total. The van der Waals surface area contributed by atoms with E-state index < -0.39 is 5.97 Å². The maximum Gasteiger partial charge on any atom is 0.338 e. The third-order valence-corrected chi connectivity index (χ3v) is 5.01. The maximum atomic E-state index is 11.4. The summed E-state index contributed by atoms with van der Waals surface area (Å²) in [5.74, 6) is -0.918. The van der Waals surface area contributed by atoms with Crippen molar-refractivity contribution in [3.8, 4) is 0 Å². The Hall–Kier alpha value is -1.56. The van der Waals surface area contributed by atoms with Gasteiger partial charge in [-0.05, 0) is 12.8 Å². The Labute approximate surface area is 115 Å². The van der Waals surface area contributed by atoms with E-state index in [1.165, 1.54) is 19.0 Å². The zero-order valence-corrected chi connectivity index (χ0v) is 11.5. The fraction of sp³-hybridized carbons (Fsp3) is 0.462. The first-order valence-electron chi connectivity index (χ1n) is 6.37. The first kappa shape index (κ1) is 12.5. The predicted octanol–water partition coefficient (Wildman–Crippen LogP) is 2.70. The Bertz CT molecular complexity index is 632. The molecule has 1 aliphatic rings. The summed E-state index contributed by atoms with van der Waals surface area (Å²) in [6.45, 7) is 0. The minimum absolute atomic E-state index is 0.289. The lowest BCUT2D eigenvalue weighted by Gasteiger charge is -2.12. The summed E-state index contributed by atoms with van der Waals surface area (Å²) < 4.78 is 1.68. The fourth-order valence-corrected chi connectivity index (χ4v) is 3.97. The molecule has 2 heterocycles. The van der Waals surface area contributed by atoms with Crippen LogP contribution in [0.1, 0.15) is 36.0 Å². The summed E-state index contributed by atoms with van der Waals surface area (Å²) in [4.78, 5) is 16.4. The van der Waals surface area contributed by atoms with Gasteiger partial charge in [0.2, 0.25) is 0 Å². The SMILES string of the molecule is Cn1ncc2c(SC3CCCC3)c(C(=O)O)cnc21. The molecular formula is C13H15N3O2S. The van der Waals surface area contributed by atoms with Crippen molar-refractivity contribution in [1.29, 1.82) is 0 Å². The van der Waals surface area contributed by atoms with Gasteiger partial charge in [0.1, 0.15) is 0 Å². The molecule has 2 aromatic heterocycles. The number of carboxylic acids is 1. The van der Waals surface area contributed by atoms with E-state index in [4.69, 9.17) is 0 Å². The molecule has 5 nitrogen and oxygen atoms in total. The van der Waals surface area contributed by atoms with Crippen LogP contribution in [0.5, 0.6) is 0 Å². The van der Waals surface area contributed by atoms with Crippen LogP contribution in [0.3, 0.4) is 0 Å². The van der Waals surface area contributed by atoms with Crippen LogP contribution in [-0.4, -0.2) is 31.1 Å². The van der Waals surface area contributed by atoms with E-state index in [9.17, 15) is 9.90 Å². The summed E-state index contributed by atoms with van der Waals surface area (Å²) in [5, 5.41) is 14.9. The van der Waals surface area contributed by atoms with Gasteiger partial charge in [-0.25, -0.2) is 9.78 Å². The first-order valence-corrected chi connectivity index (χ1v) is 7.25. The highest BCUT2D eigenvalue weighted by molar-refractivity contribution is 8.00. The third kappa shape index (κ3) is 2.20. The third-order valence-electron chi connectivity index (χ3n) is 3.53. The number of fused-ring (bicyclic) bond motifs is 1. The van der Waals surface area contributed by atoms with E-state index in [0.717, 1.165) is 28.8 Å². The van der Waals surface area contributed by atoms with Gasteiger partial charge >= 0.3 is 5.97 Å². The van der Waals surface area contributed by atoms with Gasteiger partial charge in [0, 0.05) is 23.4 Å². The number of pyridine rings is 1. The molecule has 0 saturated heterocycles. The number of carbonyl (C=O) groups is 1. The summed E-state index contributed by atoms with van der Waals surface area (Å²) in [6.07, 6.45) is 7.96. The molecule has 0 bridgehead atoms. The fourth-order valence-electron chi connectivity index (χ4n) is 2.53. The van der Waals surface area contributed by atoms with Gasteiger partial charge in [-0.3, -0.25) is 4.68 Å². The van der Waals surface area contributed by atoms with Gasteiger partial charge in [-0.15, -0.1) is 11.8 Å². The van der Waals surface area contributed by atoms with Crippen molar-refractivity contribution in [2.45, 2.75) is 35.8 Å². The van der Waals surface area contributed by atoms with Crippen LogP contribution in [0.15, 0.2) is 17.3 Å². The summed E-state index contributed by atoms with van der Waals surface area (Å²) in [7, 11) is 1.82. The molecule has 6 heteroatoms. The Morgan fingerprint density at radius 3 is 2.84 bits per heavy atom. The highest BCUT2D eigenvalue weighted by Crippen LogP contribution is 2.39. The highest BCUT2D eigenvalue weighted by atomic mass is 32.2. The topological polar surface area (TPSA) is 68.0 Å². The van der Waals surface area contributed by atoms with Crippen LogP contribution in [0.25, 0.3) is 11.0 Å². The van der Waals surface area contributed by atoms with Crippen molar-refractivity contribution in [3.05, 3.63) is 18.0 Å².